The number of nitrogens with two attached hydrogens (primary N) is 1. The Bertz CT molecular complexity index is 332. The minimum atomic E-state index is -0.488. The van der Waals surface area contributed by atoms with Gasteiger partial charge in [0.1, 0.15) is 5.60 Å². The number of hydrogen-bond acceptors (Lipinski definition) is 5. The van der Waals surface area contributed by atoms with Gasteiger partial charge in [0.25, 0.3) is 0 Å². The van der Waals surface area contributed by atoms with Crippen LogP contribution in [0.1, 0.15) is 40.5 Å². The summed E-state index contributed by atoms with van der Waals surface area (Å²) < 4.78 is 5.38. The number of rotatable bonds is 5. The van der Waals surface area contributed by atoms with E-state index in [-0.39, 0.29) is 12.7 Å². The van der Waals surface area contributed by atoms with Gasteiger partial charge in [-0.3, -0.25) is 4.90 Å². The summed E-state index contributed by atoms with van der Waals surface area (Å²) >= 11 is 0. The average molecular weight is 301 g/mol. The number of hydrogen-bond donors (Lipinski definition) is 2. The normalized spacial score (nSPS) is 20.2. The highest BCUT2D eigenvalue weighted by atomic mass is 16.6. The van der Waals surface area contributed by atoms with Crippen molar-refractivity contribution in [3.05, 3.63) is 0 Å². The van der Waals surface area contributed by atoms with Gasteiger partial charge in [0, 0.05) is 31.7 Å². The molecule has 3 N–H and O–H groups in total. The van der Waals surface area contributed by atoms with Gasteiger partial charge in [-0.05, 0) is 47.1 Å². The van der Waals surface area contributed by atoms with Crippen LogP contribution in [0.2, 0.25) is 0 Å². The maximum absolute atomic E-state index is 11.9. The van der Waals surface area contributed by atoms with Gasteiger partial charge in [-0.1, -0.05) is 0 Å². The van der Waals surface area contributed by atoms with Gasteiger partial charge in [0.05, 0.1) is 6.61 Å². The third kappa shape index (κ3) is 7.11. The first-order valence-electron chi connectivity index (χ1n) is 7.73. The molecule has 21 heavy (non-hydrogen) atoms. The molecule has 1 saturated heterocycles. The fraction of sp³-hybridized carbons (Fsp3) is 0.933. The van der Waals surface area contributed by atoms with Crippen molar-refractivity contribution >= 4 is 6.09 Å². The first-order valence-corrected chi connectivity index (χ1v) is 7.73. The molecule has 0 spiro atoms. The largest absolute Gasteiger partial charge is 0.444 e. The summed E-state index contributed by atoms with van der Waals surface area (Å²) in [5, 5.41) is 9.12. The molecule has 124 valence electrons. The maximum Gasteiger partial charge on any atom is 0.410 e. The van der Waals surface area contributed by atoms with Crippen molar-refractivity contribution in [2.75, 3.05) is 39.3 Å². The lowest BCUT2D eigenvalue weighted by molar-refractivity contribution is 0.0142. The van der Waals surface area contributed by atoms with Gasteiger partial charge in [0.15, 0.2) is 0 Å². The molecular formula is C15H31N3O3. The summed E-state index contributed by atoms with van der Waals surface area (Å²) in [6.45, 7) is 11.6. The van der Waals surface area contributed by atoms with Crippen molar-refractivity contribution in [1.82, 2.24) is 9.80 Å². The predicted molar refractivity (Wildman–Crippen MR) is 83.2 cm³/mol. The van der Waals surface area contributed by atoms with Gasteiger partial charge >= 0.3 is 6.09 Å². The van der Waals surface area contributed by atoms with E-state index in [2.05, 4.69) is 4.90 Å². The summed E-state index contributed by atoms with van der Waals surface area (Å²) in [6, 6.07) is 0. The van der Waals surface area contributed by atoms with Crippen LogP contribution in [0.15, 0.2) is 0 Å². The SMILES string of the molecule is CC(N)(CO)CCCN1CCN(C(=O)OC(C)(C)C)CC1. The van der Waals surface area contributed by atoms with Crippen molar-refractivity contribution < 1.29 is 14.6 Å². The number of aliphatic hydroxyl groups is 1. The van der Waals surface area contributed by atoms with E-state index in [1.54, 1.807) is 4.90 Å². The van der Waals surface area contributed by atoms with E-state index >= 15 is 0 Å². The van der Waals surface area contributed by atoms with Gasteiger partial charge in [-0.25, -0.2) is 4.79 Å². The molecule has 0 aliphatic carbocycles. The van der Waals surface area contributed by atoms with Crippen LogP contribution in [0.5, 0.6) is 0 Å². The quantitative estimate of drug-likeness (QED) is 0.793. The zero-order chi connectivity index (χ0) is 16.1. The van der Waals surface area contributed by atoms with Crippen molar-refractivity contribution in [2.24, 2.45) is 5.73 Å². The number of ether oxygens (including phenoxy) is 1. The average Bonchev–Trinajstić information content (AvgIpc) is 2.37. The van der Waals surface area contributed by atoms with Gasteiger partial charge in [-0.15, -0.1) is 0 Å². The van der Waals surface area contributed by atoms with Crippen LogP contribution in [0.4, 0.5) is 4.79 Å². The summed E-state index contributed by atoms with van der Waals surface area (Å²) in [6.07, 6.45) is 1.53. The van der Waals surface area contributed by atoms with Crippen molar-refractivity contribution in [2.45, 2.75) is 51.7 Å². The molecule has 0 radical (unpaired) electrons. The Hall–Kier alpha value is -0.850. The molecule has 0 saturated carbocycles. The Balaban J connectivity index is 2.25. The second-order valence-corrected chi connectivity index (χ2v) is 7.22. The smallest absolute Gasteiger partial charge is 0.410 e. The zero-order valence-electron chi connectivity index (χ0n) is 13.9. The molecule has 1 amide bonds. The van der Waals surface area contributed by atoms with E-state index in [1.807, 2.05) is 27.7 Å². The van der Waals surface area contributed by atoms with E-state index in [9.17, 15) is 4.79 Å². The molecule has 1 unspecified atom stereocenters. The lowest BCUT2D eigenvalue weighted by Gasteiger charge is -2.36. The van der Waals surface area contributed by atoms with E-state index < -0.39 is 11.1 Å². The van der Waals surface area contributed by atoms with E-state index in [4.69, 9.17) is 15.6 Å². The van der Waals surface area contributed by atoms with E-state index in [0.717, 1.165) is 32.5 Å². The summed E-state index contributed by atoms with van der Waals surface area (Å²) in [5.74, 6) is 0. The Morgan fingerprint density at radius 3 is 2.24 bits per heavy atom. The number of carbonyl (C=O) groups excluding carboxylic acids is 1. The van der Waals surface area contributed by atoms with Crippen molar-refractivity contribution in [3.8, 4) is 0 Å². The lowest BCUT2D eigenvalue weighted by atomic mass is 9.98. The summed E-state index contributed by atoms with van der Waals surface area (Å²) in [4.78, 5) is 16.0. The Kier molecular flexibility index (Phi) is 6.43. The first kappa shape index (κ1) is 18.2. The number of piperazine rings is 1. The lowest BCUT2D eigenvalue weighted by Crippen LogP contribution is -2.50. The second kappa shape index (κ2) is 7.42. The number of amides is 1. The molecule has 6 nitrogen and oxygen atoms in total. The van der Waals surface area contributed by atoms with Gasteiger partial charge in [0.2, 0.25) is 0 Å². The number of aliphatic hydroxyl groups excluding tert-OH is 1. The Labute approximate surface area is 128 Å². The minimum Gasteiger partial charge on any atom is -0.444 e. The highest BCUT2D eigenvalue weighted by molar-refractivity contribution is 5.68. The Morgan fingerprint density at radius 2 is 1.76 bits per heavy atom. The predicted octanol–water partition coefficient (Wildman–Crippen LogP) is 1.03. The number of carbonyl (C=O) groups is 1. The highest BCUT2D eigenvalue weighted by Crippen LogP contribution is 2.13. The highest BCUT2D eigenvalue weighted by Gasteiger charge is 2.26. The summed E-state index contributed by atoms with van der Waals surface area (Å²) in [7, 11) is 0. The topological polar surface area (TPSA) is 79.0 Å². The van der Waals surface area contributed by atoms with Crippen molar-refractivity contribution in [3.63, 3.8) is 0 Å². The molecule has 0 bridgehead atoms. The van der Waals surface area contributed by atoms with Gasteiger partial charge in [-0.2, -0.15) is 0 Å². The molecular weight excluding hydrogens is 270 g/mol. The molecule has 1 aliphatic heterocycles. The molecule has 1 heterocycles. The Morgan fingerprint density at radius 1 is 1.19 bits per heavy atom. The van der Waals surface area contributed by atoms with E-state index in [1.165, 1.54) is 0 Å². The van der Waals surface area contributed by atoms with Crippen LogP contribution in [-0.2, 0) is 4.74 Å². The minimum absolute atomic E-state index is 0.0133. The molecule has 6 heteroatoms. The first-order chi connectivity index (χ1) is 9.63. The molecule has 1 rings (SSSR count). The van der Waals surface area contributed by atoms with Crippen LogP contribution >= 0.6 is 0 Å². The third-order valence-corrected chi connectivity index (χ3v) is 3.61. The van der Waals surface area contributed by atoms with E-state index in [0.29, 0.717) is 13.1 Å². The fourth-order valence-corrected chi connectivity index (χ4v) is 2.27. The maximum atomic E-state index is 11.9. The fourth-order valence-electron chi connectivity index (χ4n) is 2.27. The zero-order valence-corrected chi connectivity index (χ0v) is 13.9. The van der Waals surface area contributed by atoms with Crippen LogP contribution in [0, 0.1) is 0 Å². The molecule has 0 aromatic rings. The van der Waals surface area contributed by atoms with Crippen LogP contribution in [0.3, 0.4) is 0 Å². The van der Waals surface area contributed by atoms with Gasteiger partial charge < -0.3 is 20.5 Å². The molecule has 0 aromatic carbocycles. The molecule has 1 fully saturated rings. The molecule has 1 atom stereocenters. The van der Waals surface area contributed by atoms with Crippen molar-refractivity contribution in [1.29, 1.82) is 0 Å². The monoisotopic (exact) mass is 301 g/mol. The summed E-state index contributed by atoms with van der Waals surface area (Å²) in [5.41, 5.74) is 4.99. The molecule has 0 aromatic heterocycles. The third-order valence-electron chi connectivity index (χ3n) is 3.61. The molecule has 1 aliphatic rings. The second-order valence-electron chi connectivity index (χ2n) is 7.22. The van der Waals surface area contributed by atoms with Crippen LogP contribution < -0.4 is 5.73 Å². The van der Waals surface area contributed by atoms with Crippen LogP contribution in [0.25, 0.3) is 0 Å². The van der Waals surface area contributed by atoms with Crippen LogP contribution in [-0.4, -0.2) is 71.5 Å². The standard InChI is InChI=1S/C15H31N3O3/c1-14(2,3)21-13(20)18-10-8-17(9-11-18)7-5-6-15(4,16)12-19/h19H,5-12,16H2,1-4H3. The number of nitrogens with zero attached hydrogens (tertiary/aromatic N) is 2.